The summed E-state index contributed by atoms with van der Waals surface area (Å²) in [6, 6.07) is 14.8. The number of methoxy groups -OCH3 is 1. The molecule has 0 spiro atoms. The summed E-state index contributed by atoms with van der Waals surface area (Å²) in [6.45, 7) is 1.97. The minimum absolute atomic E-state index is 0.0859. The summed E-state index contributed by atoms with van der Waals surface area (Å²) >= 11 is 0. The Morgan fingerprint density at radius 3 is 2.57 bits per heavy atom. The van der Waals surface area contributed by atoms with Crippen molar-refractivity contribution in [3.05, 3.63) is 64.7 Å². The summed E-state index contributed by atoms with van der Waals surface area (Å²) in [5.41, 5.74) is 1.29. The van der Waals surface area contributed by atoms with Crippen LogP contribution < -0.4 is 15.6 Å². The zero-order valence-corrected chi connectivity index (χ0v) is 13.4. The van der Waals surface area contributed by atoms with Gasteiger partial charge in [-0.2, -0.15) is 0 Å². The van der Waals surface area contributed by atoms with Crippen molar-refractivity contribution in [3.63, 3.8) is 0 Å². The molecule has 2 aromatic carbocycles. The molecule has 3 rings (SSSR count). The number of hydrogen-bond donors (Lipinski definition) is 1. The molecule has 1 heterocycles. The molecular formula is C18H19N3O2. The number of nitrogens with one attached hydrogen (secondary N) is 1. The molecule has 0 saturated carbocycles. The van der Waals surface area contributed by atoms with E-state index in [-0.39, 0.29) is 11.6 Å². The van der Waals surface area contributed by atoms with Crippen LogP contribution in [0.3, 0.4) is 0 Å². The molecule has 118 valence electrons. The lowest BCUT2D eigenvalue weighted by molar-refractivity contribution is 0.411. The quantitative estimate of drug-likeness (QED) is 0.805. The fraction of sp³-hybridized carbons (Fsp3) is 0.222. The number of fused-ring (bicyclic) bond motifs is 1. The number of nitrogens with zero attached hydrogens (tertiary/aromatic N) is 2. The monoisotopic (exact) mass is 309 g/mol. The Balaban J connectivity index is 2.42. The third-order valence-electron chi connectivity index (χ3n) is 3.95. The number of aromatic nitrogens is 2. The second-order valence-corrected chi connectivity index (χ2v) is 5.31. The Bertz CT molecular complexity index is 902. The zero-order valence-electron chi connectivity index (χ0n) is 13.4. The van der Waals surface area contributed by atoms with Gasteiger partial charge in [0.05, 0.1) is 29.7 Å². The Kier molecular flexibility index (Phi) is 4.12. The molecule has 1 N–H and O–H groups in total. The number of rotatable bonds is 4. The maximum Gasteiger partial charge on any atom is 0.266 e. The van der Waals surface area contributed by atoms with Crippen LogP contribution in [0.15, 0.2) is 53.3 Å². The van der Waals surface area contributed by atoms with Gasteiger partial charge in [0.1, 0.15) is 11.6 Å². The second kappa shape index (κ2) is 6.22. The van der Waals surface area contributed by atoms with Crippen LogP contribution in [0.4, 0.5) is 0 Å². The van der Waals surface area contributed by atoms with E-state index in [9.17, 15) is 4.79 Å². The van der Waals surface area contributed by atoms with Crippen LogP contribution in [0.25, 0.3) is 16.6 Å². The average Bonchev–Trinajstić information content (AvgIpc) is 2.61. The first-order valence-electron chi connectivity index (χ1n) is 7.49. The van der Waals surface area contributed by atoms with E-state index in [2.05, 4.69) is 5.32 Å². The first kappa shape index (κ1) is 15.2. The number of hydrogen-bond acceptors (Lipinski definition) is 4. The van der Waals surface area contributed by atoms with Crippen LogP contribution in [0.5, 0.6) is 5.75 Å². The average molecular weight is 309 g/mol. The van der Waals surface area contributed by atoms with E-state index in [0.29, 0.717) is 28.2 Å². The van der Waals surface area contributed by atoms with Crippen molar-refractivity contribution in [1.29, 1.82) is 0 Å². The highest BCUT2D eigenvalue weighted by Gasteiger charge is 2.18. The van der Waals surface area contributed by atoms with E-state index in [1.807, 2.05) is 56.4 Å². The molecular weight excluding hydrogens is 290 g/mol. The molecule has 0 saturated heterocycles. The van der Waals surface area contributed by atoms with Crippen LogP contribution in [-0.4, -0.2) is 23.7 Å². The highest BCUT2D eigenvalue weighted by molar-refractivity contribution is 5.78. The first-order chi connectivity index (χ1) is 11.2. The maximum absolute atomic E-state index is 13.1. The highest BCUT2D eigenvalue weighted by Crippen LogP contribution is 2.24. The molecule has 0 aliphatic heterocycles. The van der Waals surface area contributed by atoms with Crippen LogP contribution in [-0.2, 0) is 0 Å². The molecule has 1 aromatic heterocycles. The molecule has 0 bridgehead atoms. The predicted octanol–water partition coefficient (Wildman–Crippen LogP) is 2.67. The Hall–Kier alpha value is -2.66. The van der Waals surface area contributed by atoms with Gasteiger partial charge in [-0.3, -0.25) is 9.36 Å². The molecule has 0 aliphatic rings. The molecule has 1 unspecified atom stereocenters. The van der Waals surface area contributed by atoms with Gasteiger partial charge in [-0.1, -0.05) is 24.3 Å². The fourth-order valence-corrected chi connectivity index (χ4v) is 2.62. The van der Waals surface area contributed by atoms with E-state index in [1.165, 1.54) is 0 Å². The van der Waals surface area contributed by atoms with Crippen molar-refractivity contribution in [3.8, 4) is 11.4 Å². The van der Waals surface area contributed by atoms with Crippen LogP contribution in [0.2, 0.25) is 0 Å². The Morgan fingerprint density at radius 1 is 1.13 bits per heavy atom. The van der Waals surface area contributed by atoms with Crippen molar-refractivity contribution in [2.45, 2.75) is 13.0 Å². The predicted molar refractivity (Wildman–Crippen MR) is 91.4 cm³/mol. The highest BCUT2D eigenvalue weighted by atomic mass is 16.5. The smallest absolute Gasteiger partial charge is 0.266 e. The molecule has 0 aliphatic carbocycles. The SMILES string of the molecule is CNC(C)c1nc2ccccc2c(=O)n1-c1ccccc1OC. The molecule has 1 atom stereocenters. The summed E-state index contributed by atoms with van der Waals surface area (Å²) < 4.78 is 7.05. The lowest BCUT2D eigenvalue weighted by Crippen LogP contribution is -2.29. The molecule has 5 nitrogen and oxygen atoms in total. The minimum Gasteiger partial charge on any atom is -0.495 e. The van der Waals surface area contributed by atoms with Gasteiger partial charge in [-0.15, -0.1) is 0 Å². The molecule has 0 radical (unpaired) electrons. The van der Waals surface area contributed by atoms with Gasteiger partial charge in [0, 0.05) is 0 Å². The van der Waals surface area contributed by atoms with Gasteiger partial charge in [0.2, 0.25) is 0 Å². The van der Waals surface area contributed by atoms with Gasteiger partial charge < -0.3 is 10.1 Å². The van der Waals surface area contributed by atoms with Gasteiger partial charge >= 0.3 is 0 Å². The van der Waals surface area contributed by atoms with Crippen molar-refractivity contribution >= 4 is 10.9 Å². The van der Waals surface area contributed by atoms with Gasteiger partial charge in [0.25, 0.3) is 5.56 Å². The molecule has 23 heavy (non-hydrogen) atoms. The summed E-state index contributed by atoms with van der Waals surface area (Å²) in [5, 5.41) is 3.75. The first-order valence-corrected chi connectivity index (χ1v) is 7.49. The minimum atomic E-state index is -0.0998. The van der Waals surface area contributed by atoms with Crippen molar-refractivity contribution in [2.75, 3.05) is 14.2 Å². The standard InChI is InChI=1S/C18H19N3O2/c1-12(19-2)17-20-14-9-5-4-8-13(14)18(22)21(17)15-10-6-7-11-16(15)23-3/h4-12,19H,1-3H3. The molecule has 0 fully saturated rings. The van der Waals surface area contributed by atoms with Crippen LogP contribution in [0.1, 0.15) is 18.8 Å². The molecule has 5 heteroatoms. The number of para-hydroxylation sites is 3. The summed E-state index contributed by atoms with van der Waals surface area (Å²) in [6.07, 6.45) is 0. The lowest BCUT2D eigenvalue weighted by Gasteiger charge is -2.19. The summed E-state index contributed by atoms with van der Waals surface area (Å²) in [7, 11) is 3.44. The van der Waals surface area contributed by atoms with Crippen LogP contribution >= 0.6 is 0 Å². The van der Waals surface area contributed by atoms with Gasteiger partial charge in [-0.25, -0.2) is 4.98 Å². The Morgan fingerprint density at radius 2 is 1.83 bits per heavy atom. The fourth-order valence-electron chi connectivity index (χ4n) is 2.62. The summed E-state index contributed by atoms with van der Waals surface area (Å²) in [4.78, 5) is 17.8. The van der Waals surface area contributed by atoms with E-state index in [4.69, 9.17) is 9.72 Å². The van der Waals surface area contributed by atoms with Crippen molar-refractivity contribution in [2.24, 2.45) is 0 Å². The van der Waals surface area contributed by atoms with Crippen molar-refractivity contribution in [1.82, 2.24) is 14.9 Å². The van der Waals surface area contributed by atoms with Gasteiger partial charge in [-0.05, 0) is 38.2 Å². The lowest BCUT2D eigenvalue weighted by atomic mass is 10.2. The van der Waals surface area contributed by atoms with E-state index in [1.54, 1.807) is 17.7 Å². The van der Waals surface area contributed by atoms with E-state index >= 15 is 0 Å². The summed E-state index contributed by atoms with van der Waals surface area (Å²) in [5.74, 6) is 1.29. The number of benzene rings is 2. The molecule has 3 aromatic rings. The normalized spacial score (nSPS) is 12.3. The Labute approximate surface area is 134 Å². The largest absolute Gasteiger partial charge is 0.495 e. The topological polar surface area (TPSA) is 56.2 Å². The van der Waals surface area contributed by atoms with E-state index in [0.717, 1.165) is 0 Å². The third-order valence-corrected chi connectivity index (χ3v) is 3.95. The number of ether oxygens (including phenoxy) is 1. The van der Waals surface area contributed by atoms with Crippen LogP contribution in [0, 0.1) is 0 Å². The van der Waals surface area contributed by atoms with Crippen molar-refractivity contribution < 1.29 is 4.74 Å². The zero-order chi connectivity index (χ0) is 16.4. The van der Waals surface area contributed by atoms with Gasteiger partial charge in [0.15, 0.2) is 0 Å². The maximum atomic E-state index is 13.1. The second-order valence-electron chi connectivity index (χ2n) is 5.31. The molecule has 0 amide bonds. The third kappa shape index (κ3) is 2.59. The van der Waals surface area contributed by atoms with E-state index < -0.39 is 0 Å².